The summed E-state index contributed by atoms with van der Waals surface area (Å²) in [5, 5.41) is 13.1. The van der Waals surface area contributed by atoms with E-state index in [9.17, 15) is 14.7 Å². The molecule has 0 aliphatic carbocycles. The molecule has 1 amide bonds. The van der Waals surface area contributed by atoms with Crippen LogP contribution in [0.4, 0.5) is 5.69 Å². The van der Waals surface area contributed by atoms with Gasteiger partial charge in [-0.3, -0.25) is 4.79 Å². The van der Waals surface area contributed by atoms with E-state index in [1.165, 1.54) is 12.1 Å². The van der Waals surface area contributed by atoms with Gasteiger partial charge in [0.1, 0.15) is 0 Å². The average Bonchev–Trinajstić information content (AvgIpc) is 2.20. The third kappa shape index (κ3) is 3.92. The lowest BCUT2D eigenvalue weighted by atomic mass is 10.3. The van der Waals surface area contributed by atoms with Crippen LogP contribution in [0.2, 0.25) is 10.0 Å². The summed E-state index contributed by atoms with van der Waals surface area (Å²) < 4.78 is 0. The van der Waals surface area contributed by atoms with Crippen LogP contribution in [0.15, 0.2) is 30.4 Å². The van der Waals surface area contributed by atoms with Crippen LogP contribution in [-0.2, 0) is 9.59 Å². The van der Waals surface area contributed by atoms with Crippen molar-refractivity contribution in [1.82, 2.24) is 0 Å². The Hall–Kier alpha value is -1.52. The second kappa shape index (κ2) is 5.53. The van der Waals surface area contributed by atoms with Gasteiger partial charge in [0.15, 0.2) is 0 Å². The number of carboxylic acid groups (broad SMARTS) is 1. The molecule has 0 bridgehead atoms. The van der Waals surface area contributed by atoms with E-state index in [0.29, 0.717) is 21.8 Å². The molecule has 4 nitrogen and oxygen atoms in total. The predicted molar refractivity (Wildman–Crippen MR) is 59.2 cm³/mol. The fraction of sp³-hybridized carbons (Fsp3) is 0. The van der Waals surface area contributed by atoms with E-state index in [2.05, 4.69) is 5.32 Å². The molecule has 16 heavy (non-hydrogen) atoms. The molecule has 0 radical (unpaired) electrons. The van der Waals surface area contributed by atoms with E-state index in [-0.39, 0.29) is 0 Å². The highest BCUT2D eigenvalue weighted by molar-refractivity contribution is 6.35. The van der Waals surface area contributed by atoms with Crippen LogP contribution in [0.3, 0.4) is 0 Å². The first-order valence-electron chi connectivity index (χ1n) is 4.14. The van der Waals surface area contributed by atoms with Crippen LogP contribution in [0.25, 0.3) is 0 Å². The molecule has 1 aromatic rings. The zero-order valence-corrected chi connectivity index (χ0v) is 9.38. The molecule has 0 aromatic heterocycles. The van der Waals surface area contributed by atoms with E-state index in [1.807, 2.05) is 0 Å². The number of carboxylic acids is 1. The summed E-state index contributed by atoms with van der Waals surface area (Å²) in [5.74, 6) is -2.08. The zero-order valence-electron chi connectivity index (χ0n) is 7.87. The van der Waals surface area contributed by atoms with Gasteiger partial charge in [-0.15, -0.1) is 0 Å². The molecule has 0 fully saturated rings. The van der Waals surface area contributed by atoms with E-state index in [1.54, 1.807) is 6.07 Å². The summed E-state index contributed by atoms with van der Waals surface area (Å²) in [7, 11) is 0. The van der Waals surface area contributed by atoms with Crippen molar-refractivity contribution in [3.05, 3.63) is 40.4 Å². The second-order valence-electron chi connectivity index (χ2n) is 2.77. The molecule has 0 aliphatic heterocycles. The third-order valence-electron chi connectivity index (χ3n) is 1.56. The summed E-state index contributed by atoms with van der Waals surface area (Å²) >= 11 is 11.5. The van der Waals surface area contributed by atoms with Crippen LogP contribution in [0, 0.1) is 0 Å². The van der Waals surface area contributed by atoms with Crippen LogP contribution in [0.5, 0.6) is 0 Å². The maximum atomic E-state index is 11.2. The monoisotopic (exact) mass is 258 g/mol. The van der Waals surface area contributed by atoms with Gasteiger partial charge in [-0.25, -0.2) is 0 Å². The highest BCUT2D eigenvalue weighted by Crippen LogP contribution is 2.25. The smallest absolute Gasteiger partial charge is 0.248 e. The number of rotatable bonds is 3. The largest absolute Gasteiger partial charge is 0.545 e. The predicted octanol–water partition coefficient (Wildman–Crippen LogP) is 1.24. The molecule has 0 unspecified atom stereocenters. The Morgan fingerprint density at radius 3 is 2.56 bits per heavy atom. The molecule has 1 rings (SSSR count). The van der Waals surface area contributed by atoms with Gasteiger partial charge in [-0.05, 0) is 24.3 Å². The van der Waals surface area contributed by atoms with Gasteiger partial charge < -0.3 is 15.2 Å². The Morgan fingerprint density at radius 1 is 1.25 bits per heavy atom. The van der Waals surface area contributed by atoms with Gasteiger partial charge in [0, 0.05) is 11.1 Å². The van der Waals surface area contributed by atoms with Crippen molar-refractivity contribution in [2.24, 2.45) is 0 Å². The minimum Gasteiger partial charge on any atom is -0.545 e. The molecular weight excluding hydrogens is 253 g/mol. The Morgan fingerprint density at radius 2 is 1.94 bits per heavy atom. The number of amides is 1. The first-order valence-corrected chi connectivity index (χ1v) is 4.89. The van der Waals surface area contributed by atoms with E-state index in [4.69, 9.17) is 23.2 Å². The quantitative estimate of drug-likeness (QED) is 0.830. The number of aliphatic carboxylic acids is 1. The number of hydrogen-bond donors (Lipinski definition) is 1. The summed E-state index contributed by atoms with van der Waals surface area (Å²) in [6.07, 6.45) is 1.44. The molecule has 0 heterocycles. The number of carbonyl (C=O) groups excluding carboxylic acids is 2. The zero-order chi connectivity index (χ0) is 12.1. The number of halogens is 2. The Kier molecular flexibility index (Phi) is 4.34. The van der Waals surface area contributed by atoms with Crippen LogP contribution < -0.4 is 10.4 Å². The lowest BCUT2D eigenvalue weighted by Crippen LogP contribution is -2.20. The van der Waals surface area contributed by atoms with Gasteiger partial charge >= 0.3 is 0 Å². The Bertz CT molecular complexity index is 457. The molecule has 0 spiro atoms. The van der Waals surface area contributed by atoms with E-state index in [0.717, 1.165) is 6.08 Å². The Labute approximate surface area is 101 Å². The molecular formula is C10H6Cl2NO3-. The molecule has 0 atom stereocenters. The van der Waals surface area contributed by atoms with Gasteiger partial charge in [-0.2, -0.15) is 0 Å². The molecule has 1 aromatic carbocycles. The highest BCUT2D eigenvalue weighted by atomic mass is 35.5. The second-order valence-corrected chi connectivity index (χ2v) is 3.61. The van der Waals surface area contributed by atoms with Crippen molar-refractivity contribution in [2.45, 2.75) is 0 Å². The van der Waals surface area contributed by atoms with Crippen molar-refractivity contribution in [3.8, 4) is 0 Å². The van der Waals surface area contributed by atoms with E-state index < -0.39 is 11.9 Å². The highest BCUT2D eigenvalue weighted by Gasteiger charge is 2.03. The van der Waals surface area contributed by atoms with Gasteiger partial charge in [0.05, 0.1) is 16.7 Å². The molecule has 0 aliphatic rings. The molecule has 0 saturated heterocycles. The van der Waals surface area contributed by atoms with Gasteiger partial charge in [-0.1, -0.05) is 23.2 Å². The minimum atomic E-state index is -1.45. The molecule has 0 saturated carbocycles. The van der Waals surface area contributed by atoms with Gasteiger partial charge in [0.2, 0.25) is 5.91 Å². The number of nitrogens with one attached hydrogen (secondary N) is 1. The maximum absolute atomic E-state index is 11.2. The fourth-order valence-electron chi connectivity index (χ4n) is 0.911. The molecule has 1 N–H and O–H groups in total. The summed E-state index contributed by atoms with van der Waals surface area (Å²) in [4.78, 5) is 21.2. The average molecular weight is 259 g/mol. The fourth-order valence-corrected chi connectivity index (χ4v) is 1.25. The lowest BCUT2D eigenvalue weighted by molar-refractivity contribution is -0.297. The van der Waals surface area contributed by atoms with Gasteiger partial charge in [0.25, 0.3) is 0 Å². The maximum Gasteiger partial charge on any atom is 0.248 e. The summed E-state index contributed by atoms with van der Waals surface area (Å²) in [6, 6.07) is 4.53. The number of hydrogen-bond acceptors (Lipinski definition) is 3. The lowest BCUT2D eigenvalue weighted by Gasteiger charge is -2.05. The van der Waals surface area contributed by atoms with Crippen LogP contribution in [0.1, 0.15) is 0 Å². The number of anilines is 1. The Balaban J connectivity index is 2.77. The third-order valence-corrected chi connectivity index (χ3v) is 2.12. The summed E-state index contributed by atoms with van der Waals surface area (Å²) in [5.41, 5.74) is 0.308. The normalized spacial score (nSPS) is 10.4. The van der Waals surface area contributed by atoms with Crippen molar-refractivity contribution >= 4 is 40.8 Å². The van der Waals surface area contributed by atoms with Crippen LogP contribution >= 0.6 is 23.2 Å². The van der Waals surface area contributed by atoms with Crippen molar-refractivity contribution in [2.75, 3.05) is 5.32 Å². The van der Waals surface area contributed by atoms with E-state index >= 15 is 0 Å². The standard InChI is InChI=1S/C10H7Cl2NO3/c11-6-1-2-7(12)8(5-6)13-9(14)3-4-10(15)16/h1-5H,(H,13,14)(H,15,16)/p-1/b4-3+. The van der Waals surface area contributed by atoms with Crippen molar-refractivity contribution in [1.29, 1.82) is 0 Å². The minimum absolute atomic E-state index is 0.305. The first kappa shape index (κ1) is 12.5. The number of benzene rings is 1. The first-order chi connectivity index (χ1) is 7.49. The molecule has 84 valence electrons. The van der Waals surface area contributed by atoms with Crippen molar-refractivity contribution < 1.29 is 14.7 Å². The summed E-state index contributed by atoms with van der Waals surface area (Å²) in [6.45, 7) is 0. The van der Waals surface area contributed by atoms with Crippen molar-refractivity contribution in [3.63, 3.8) is 0 Å². The topological polar surface area (TPSA) is 69.2 Å². The van der Waals surface area contributed by atoms with Crippen LogP contribution in [-0.4, -0.2) is 11.9 Å². The SMILES string of the molecule is O=C([O-])/C=C/C(=O)Nc1cc(Cl)ccc1Cl. The number of carbonyl (C=O) groups is 2. The molecule has 6 heteroatoms.